The summed E-state index contributed by atoms with van der Waals surface area (Å²) in [6, 6.07) is 7.66. The first-order chi connectivity index (χ1) is 17.0. The first-order valence-electron chi connectivity index (χ1n) is 11.1. The predicted octanol–water partition coefficient (Wildman–Crippen LogP) is 4.62. The third-order valence-electron chi connectivity index (χ3n) is 5.84. The maximum Gasteiger partial charge on any atom is 0.262 e. The van der Waals surface area contributed by atoms with Gasteiger partial charge in [-0.1, -0.05) is 38.4 Å². The Hall–Kier alpha value is -2.96. The summed E-state index contributed by atoms with van der Waals surface area (Å²) < 4.78 is 57.0. The van der Waals surface area contributed by atoms with Gasteiger partial charge in [-0.25, -0.2) is 22.0 Å². The van der Waals surface area contributed by atoms with Crippen LogP contribution in [0.2, 0.25) is 5.02 Å². The van der Waals surface area contributed by atoms with Crippen LogP contribution in [-0.4, -0.2) is 52.9 Å². The molecule has 4 rings (SSSR count). The van der Waals surface area contributed by atoms with Crippen molar-refractivity contribution in [1.82, 2.24) is 4.90 Å². The van der Waals surface area contributed by atoms with E-state index in [1.807, 2.05) is 20.8 Å². The monoisotopic (exact) mass is 568 g/mol. The lowest BCUT2D eigenvalue weighted by atomic mass is 9.85. The molecule has 37 heavy (non-hydrogen) atoms. The van der Waals surface area contributed by atoms with Gasteiger partial charge < -0.3 is 10.0 Å². The van der Waals surface area contributed by atoms with Crippen LogP contribution in [0.3, 0.4) is 0 Å². The van der Waals surface area contributed by atoms with E-state index >= 15 is 0 Å². The van der Waals surface area contributed by atoms with Crippen molar-refractivity contribution in [3.63, 3.8) is 0 Å². The zero-order valence-electron chi connectivity index (χ0n) is 20.7. The summed E-state index contributed by atoms with van der Waals surface area (Å²) in [4.78, 5) is 19.7. The molecular formula is C24H26ClFN4O5S2. The molecule has 2 heterocycles. The van der Waals surface area contributed by atoms with E-state index in [1.54, 1.807) is 0 Å². The Morgan fingerprint density at radius 2 is 1.89 bits per heavy atom. The van der Waals surface area contributed by atoms with E-state index in [1.165, 1.54) is 47.6 Å². The molecule has 0 aromatic heterocycles. The number of aliphatic hydroxyl groups is 1. The van der Waals surface area contributed by atoms with Crippen molar-refractivity contribution in [3.8, 4) is 0 Å². The van der Waals surface area contributed by atoms with Gasteiger partial charge >= 0.3 is 0 Å². The molecule has 0 radical (unpaired) electrons. The van der Waals surface area contributed by atoms with Crippen LogP contribution in [0.15, 0.2) is 62.0 Å². The quantitative estimate of drug-likeness (QED) is 0.544. The molecule has 0 fully saturated rings. The molecular weight excluding hydrogens is 543 g/mol. The molecule has 2 aromatic rings. The van der Waals surface area contributed by atoms with Gasteiger partial charge in [0.05, 0.1) is 37.6 Å². The van der Waals surface area contributed by atoms with E-state index in [2.05, 4.69) is 14.1 Å². The number of aliphatic imine (C=N–C) groups is 1. The third kappa shape index (κ3) is 5.36. The normalized spacial score (nSPS) is 22.0. The molecule has 0 spiro atoms. The summed E-state index contributed by atoms with van der Waals surface area (Å²) in [7, 11) is -6.72. The van der Waals surface area contributed by atoms with Gasteiger partial charge in [-0.05, 0) is 41.3 Å². The van der Waals surface area contributed by atoms with E-state index in [4.69, 9.17) is 11.6 Å². The summed E-state index contributed by atoms with van der Waals surface area (Å²) in [5.74, 6) is -1.61. The summed E-state index contributed by atoms with van der Waals surface area (Å²) in [6.45, 7) is 5.58. The third-order valence-corrected chi connectivity index (χ3v) is 8.40. The summed E-state index contributed by atoms with van der Waals surface area (Å²) in [6.07, 6.45) is 2.34. The van der Waals surface area contributed by atoms with Crippen molar-refractivity contribution in [2.45, 2.75) is 38.3 Å². The number of carbonyl (C=O) groups excluding carboxylic acids is 1. The highest BCUT2D eigenvalue weighted by Crippen LogP contribution is 2.40. The Labute approximate surface area is 220 Å². The lowest BCUT2D eigenvalue weighted by molar-refractivity contribution is -0.129. The zero-order chi connectivity index (χ0) is 27.5. The number of hydrogen-bond acceptors (Lipinski definition) is 7. The number of carbonyl (C=O) groups is 1. The average Bonchev–Trinajstić information content (AvgIpc) is 2.99. The average molecular weight is 569 g/mol. The highest BCUT2D eigenvalue weighted by atomic mass is 35.5. The van der Waals surface area contributed by atoms with Crippen molar-refractivity contribution in [1.29, 1.82) is 0 Å². The van der Waals surface area contributed by atoms with E-state index in [-0.39, 0.29) is 45.0 Å². The Balaban J connectivity index is 1.79. The van der Waals surface area contributed by atoms with Gasteiger partial charge in [-0.3, -0.25) is 9.52 Å². The SMILES string of the molecule is CC(C)(C)[C@H]1C(O)=C(C2=Nc3ccc(NS(C)(=O)=O)cc3S(C)(=O)=N2)C(=O)N1Cc1ccc(F)c(Cl)c1. The molecule has 0 bridgehead atoms. The second-order valence-corrected chi connectivity index (χ2v) is 14.5. The molecule has 13 heteroatoms. The number of amides is 1. The van der Waals surface area contributed by atoms with Crippen molar-refractivity contribution < 1.29 is 26.9 Å². The van der Waals surface area contributed by atoms with E-state index in [0.29, 0.717) is 5.56 Å². The number of aliphatic hydroxyl groups excluding tert-OH is 1. The number of anilines is 1. The highest BCUT2D eigenvalue weighted by molar-refractivity contribution is 7.93. The molecule has 2 aromatic carbocycles. The summed E-state index contributed by atoms with van der Waals surface area (Å²) in [5.41, 5.74) is 0.201. The minimum atomic E-state index is -3.57. The number of sulfonamides is 1. The minimum absolute atomic E-state index is 0.0280. The van der Waals surface area contributed by atoms with Gasteiger partial charge in [-0.2, -0.15) is 4.36 Å². The van der Waals surface area contributed by atoms with E-state index in [9.17, 15) is 26.9 Å². The Morgan fingerprint density at radius 3 is 2.49 bits per heavy atom. The van der Waals surface area contributed by atoms with Crippen molar-refractivity contribution in [2.24, 2.45) is 14.8 Å². The topological polar surface area (TPSA) is 129 Å². The fourth-order valence-corrected chi connectivity index (χ4v) is 6.54. The standard InChI is InChI=1S/C24H26ClFN4O5S2/c1-24(2,3)21-20(31)19(23(32)30(21)12-13-6-8-16(26)15(25)10-13)22-27-17-9-7-14(28-37(5,34)35)11-18(17)36(4,33)29-22/h6-11,21,28,31H,12H2,1-5H3/t21-,36?/m1/s1. The van der Waals surface area contributed by atoms with Crippen molar-refractivity contribution in [3.05, 3.63) is 64.1 Å². The van der Waals surface area contributed by atoms with E-state index in [0.717, 1.165) is 6.26 Å². The predicted molar refractivity (Wildman–Crippen MR) is 142 cm³/mol. The number of nitrogens with zero attached hydrogens (tertiary/aromatic N) is 3. The van der Waals surface area contributed by atoms with Crippen LogP contribution in [-0.2, 0) is 31.1 Å². The van der Waals surface area contributed by atoms with Crippen LogP contribution in [0.1, 0.15) is 26.3 Å². The first-order valence-corrected chi connectivity index (χ1v) is 15.3. The Kier molecular flexibility index (Phi) is 6.66. The van der Waals surface area contributed by atoms with Crippen LogP contribution in [0.5, 0.6) is 0 Å². The molecule has 9 nitrogen and oxygen atoms in total. The molecule has 0 aliphatic carbocycles. The summed E-state index contributed by atoms with van der Waals surface area (Å²) >= 11 is 5.92. The van der Waals surface area contributed by atoms with Gasteiger partial charge in [0.15, 0.2) is 5.84 Å². The molecule has 2 aliphatic rings. The number of benzene rings is 2. The maximum absolute atomic E-state index is 13.7. The Morgan fingerprint density at radius 1 is 1.22 bits per heavy atom. The molecule has 1 unspecified atom stereocenters. The zero-order valence-corrected chi connectivity index (χ0v) is 23.1. The van der Waals surface area contributed by atoms with Gasteiger partial charge in [-0.15, -0.1) is 0 Å². The molecule has 2 atom stereocenters. The largest absolute Gasteiger partial charge is 0.509 e. The van der Waals surface area contributed by atoms with Gasteiger partial charge in [0.1, 0.15) is 17.1 Å². The van der Waals surface area contributed by atoms with Gasteiger partial charge in [0.2, 0.25) is 10.0 Å². The fourth-order valence-electron chi connectivity index (χ4n) is 4.38. The number of rotatable bonds is 5. The number of fused-ring (bicyclic) bond motifs is 1. The van der Waals surface area contributed by atoms with Gasteiger partial charge in [0, 0.05) is 18.5 Å². The second kappa shape index (κ2) is 9.10. The van der Waals surface area contributed by atoms with E-state index < -0.39 is 42.9 Å². The van der Waals surface area contributed by atoms with Crippen molar-refractivity contribution in [2.75, 3.05) is 17.2 Å². The van der Waals surface area contributed by atoms with Crippen LogP contribution >= 0.6 is 11.6 Å². The maximum atomic E-state index is 13.7. The van der Waals surface area contributed by atoms with Crippen LogP contribution in [0, 0.1) is 11.2 Å². The fraction of sp³-hybridized carbons (Fsp3) is 0.333. The number of nitrogens with one attached hydrogen (secondary N) is 1. The lowest BCUT2D eigenvalue weighted by Gasteiger charge is -2.35. The number of hydrogen-bond donors (Lipinski definition) is 2. The van der Waals surface area contributed by atoms with Crippen LogP contribution < -0.4 is 4.72 Å². The molecule has 0 saturated carbocycles. The smallest absolute Gasteiger partial charge is 0.262 e. The summed E-state index contributed by atoms with van der Waals surface area (Å²) in [5, 5.41) is 11.2. The van der Waals surface area contributed by atoms with Crippen LogP contribution in [0.4, 0.5) is 15.8 Å². The molecule has 0 saturated heterocycles. The molecule has 1 amide bonds. The molecule has 2 aliphatic heterocycles. The number of amidine groups is 1. The van der Waals surface area contributed by atoms with Crippen LogP contribution in [0.25, 0.3) is 0 Å². The molecule has 2 N–H and O–H groups in total. The first kappa shape index (κ1) is 27.1. The number of halogens is 2. The Bertz CT molecular complexity index is 1620. The molecule has 198 valence electrons. The second-order valence-electron chi connectivity index (χ2n) is 10.1. The lowest BCUT2D eigenvalue weighted by Crippen LogP contribution is -2.43. The highest BCUT2D eigenvalue weighted by Gasteiger charge is 2.47. The van der Waals surface area contributed by atoms with Gasteiger partial charge in [0.25, 0.3) is 5.91 Å². The minimum Gasteiger partial charge on any atom is -0.509 e. The van der Waals surface area contributed by atoms with Crippen molar-refractivity contribution >= 4 is 54.5 Å².